The van der Waals surface area contributed by atoms with E-state index in [1.54, 1.807) is 25.3 Å². The van der Waals surface area contributed by atoms with Gasteiger partial charge in [0, 0.05) is 5.56 Å². The molecule has 2 heteroatoms. The van der Waals surface area contributed by atoms with E-state index in [2.05, 4.69) is 0 Å². The topological polar surface area (TPSA) is 26.3 Å². The summed E-state index contributed by atoms with van der Waals surface area (Å²) in [6, 6.07) is 5.47. The second kappa shape index (κ2) is 4.78. The van der Waals surface area contributed by atoms with Gasteiger partial charge in [-0.3, -0.25) is 4.79 Å². The van der Waals surface area contributed by atoms with E-state index in [0.29, 0.717) is 0 Å². The fraction of sp³-hybridized carbons (Fsp3) is 0.308. The second-order valence-corrected chi connectivity index (χ2v) is 3.77. The third-order valence-corrected chi connectivity index (χ3v) is 2.12. The molecule has 0 atom stereocenters. The Bertz CT molecular complexity index is 399. The van der Waals surface area contributed by atoms with Gasteiger partial charge < -0.3 is 4.74 Å². The van der Waals surface area contributed by atoms with Gasteiger partial charge in [-0.25, -0.2) is 0 Å². The van der Waals surface area contributed by atoms with Gasteiger partial charge >= 0.3 is 0 Å². The highest BCUT2D eigenvalue weighted by atomic mass is 16.5. The number of aryl methyl sites for hydroxylation is 1. The van der Waals surface area contributed by atoms with Gasteiger partial charge in [-0.2, -0.15) is 0 Å². The van der Waals surface area contributed by atoms with Gasteiger partial charge in [0.05, 0.1) is 7.11 Å². The highest BCUT2D eigenvalue weighted by Crippen LogP contribution is 2.17. The normalized spacial score (nSPS) is 9.60. The lowest BCUT2D eigenvalue weighted by Crippen LogP contribution is -1.99. The van der Waals surface area contributed by atoms with Gasteiger partial charge in [0.15, 0.2) is 5.78 Å². The van der Waals surface area contributed by atoms with Crippen LogP contribution in [0.5, 0.6) is 5.75 Å². The fourth-order valence-electron chi connectivity index (χ4n) is 1.38. The highest BCUT2D eigenvalue weighted by molar-refractivity contribution is 6.05. The number of ether oxygens (including phenoxy) is 1. The zero-order valence-electron chi connectivity index (χ0n) is 9.63. The van der Waals surface area contributed by atoms with Crippen molar-refractivity contribution < 1.29 is 9.53 Å². The molecule has 0 saturated heterocycles. The molecule has 0 aliphatic carbocycles. The SMILES string of the molecule is COc1ccc(C(=O)C=C(C)C)c(C)c1. The van der Waals surface area contributed by atoms with Crippen LogP contribution in [0.2, 0.25) is 0 Å². The number of hydrogen-bond acceptors (Lipinski definition) is 2. The number of benzene rings is 1. The van der Waals surface area contributed by atoms with Crippen molar-refractivity contribution >= 4 is 5.78 Å². The van der Waals surface area contributed by atoms with Crippen LogP contribution in [0.25, 0.3) is 0 Å². The van der Waals surface area contributed by atoms with Crippen LogP contribution in [0.15, 0.2) is 29.8 Å². The van der Waals surface area contributed by atoms with Gasteiger partial charge in [0.2, 0.25) is 0 Å². The van der Waals surface area contributed by atoms with Crippen molar-refractivity contribution in [3.8, 4) is 5.75 Å². The van der Waals surface area contributed by atoms with E-state index in [1.165, 1.54) is 0 Å². The van der Waals surface area contributed by atoms with E-state index in [9.17, 15) is 4.79 Å². The average molecular weight is 204 g/mol. The van der Waals surface area contributed by atoms with E-state index < -0.39 is 0 Å². The molecule has 0 aromatic heterocycles. The summed E-state index contributed by atoms with van der Waals surface area (Å²) in [4.78, 5) is 11.8. The molecule has 2 nitrogen and oxygen atoms in total. The van der Waals surface area contributed by atoms with Gasteiger partial charge in [0.1, 0.15) is 5.75 Å². The van der Waals surface area contributed by atoms with Crippen LogP contribution in [-0.4, -0.2) is 12.9 Å². The lowest BCUT2D eigenvalue weighted by Gasteiger charge is -2.05. The summed E-state index contributed by atoms with van der Waals surface area (Å²) in [6.07, 6.45) is 1.65. The quantitative estimate of drug-likeness (QED) is 0.558. The minimum absolute atomic E-state index is 0.0511. The van der Waals surface area contributed by atoms with Crippen molar-refractivity contribution in [2.45, 2.75) is 20.8 Å². The number of ketones is 1. The predicted molar refractivity (Wildman–Crippen MR) is 61.5 cm³/mol. The molecule has 0 N–H and O–H groups in total. The second-order valence-electron chi connectivity index (χ2n) is 3.77. The maximum absolute atomic E-state index is 11.8. The molecular weight excluding hydrogens is 188 g/mol. The zero-order valence-corrected chi connectivity index (χ0v) is 9.63. The Balaban J connectivity index is 3.06. The molecule has 0 bridgehead atoms. The van der Waals surface area contributed by atoms with Crippen molar-refractivity contribution in [3.63, 3.8) is 0 Å². The molecule has 1 rings (SSSR count). The molecule has 0 saturated carbocycles. The molecule has 0 fully saturated rings. The number of carbonyl (C=O) groups is 1. The zero-order chi connectivity index (χ0) is 11.4. The maximum atomic E-state index is 11.8. The number of allylic oxidation sites excluding steroid dienone is 2. The Morgan fingerprint density at radius 1 is 1.33 bits per heavy atom. The summed E-state index contributed by atoms with van der Waals surface area (Å²) in [5, 5.41) is 0. The van der Waals surface area contributed by atoms with Crippen LogP contribution >= 0.6 is 0 Å². The molecular formula is C13H16O2. The van der Waals surface area contributed by atoms with E-state index in [0.717, 1.165) is 22.4 Å². The Morgan fingerprint density at radius 2 is 2.00 bits per heavy atom. The third-order valence-electron chi connectivity index (χ3n) is 2.12. The van der Waals surface area contributed by atoms with E-state index in [-0.39, 0.29) is 5.78 Å². The smallest absolute Gasteiger partial charge is 0.186 e. The molecule has 0 amide bonds. The first-order chi connectivity index (χ1) is 7.04. The molecule has 0 unspecified atom stereocenters. The van der Waals surface area contributed by atoms with Crippen LogP contribution in [0.1, 0.15) is 29.8 Å². The summed E-state index contributed by atoms with van der Waals surface area (Å²) >= 11 is 0. The first kappa shape index (κ1) is 11.5. The van der Waals surface area contributed by atoms with Crippen LogP contribution in [0, 0.1) is 6.92 Å². The van der Waals surface area contributed by atoms with E-state index >= 15 is 0 Å². The van der Waals surface area contributed by atoms with Crippen molar-refractivity contribution in [2.75, 3.05) is 7.11 Å². The Kier molecular flexibility index (Phi) is 3.67. The van der Waals surface area contributed by atoms with Gasteiger partial charge in [-0.05, 0) is 50.6 Å². The summed E-state index contributed by atoms with van der Waals surface area (Å²) < 4.78 is 5.08. The first-order valence-electron chi connectivity index (χ1n) is 4.88. The number of carbonyl (C=O) groups excluding carboxylic acids is 1. The highest BCUT2D eigenvalue weighted by Gasteiger charge is 2.06. The van der Waals surface area contributed by atoms with Crippen LogP contribution in [0.4, 0.5) is 0 Å². The Labute approximate surface area is 90.6 Å². The molecule has 15 heavy (non-hydrogen) atoms. The summed E-state index contributed by atoms with van der Waals surface area (Å²) in [5.74, 6) is 0.830. The molecule has 0 radical (unpaired) electrons. The molecule has 1 aromatic rings. The largest absolute Gasteiger partial charge is 0.497 e. The lowest BCUT2D eigenvalue weighted by atomic mass is 10.0. The number of methoxy groups -OCH3 is 1. The minimum atomic E-state index is 0.0511. The lowest BCUT2D eigenvalue weighted by molar-refractivity contribution is 0.104. The molecule has 0 spiro atoms. The predicted octanol–water partition coefficient (Wildman–Crippen LogP) is 3.15. The van der Waals surface area contributed by atoms with E-state index in [1.807, 2.05) is 26.8 Å². The molecule has 80 valence electrons. The minimum Gasteiger partial charge on any atom is -0.497 e. The van der Waals surface area contributed by atoms with Gasteiger partial charge in [-0.15, -0.1) is 0 Å². The van der Waals surface area contributed by atoms with Crippen molar-refractivity contribution in [1.29, 1.82) is 0 Å². The van der Waals surface area contributed by atoms with Gasteiger partial charge in [-0.1, -0.05) is 5.57 Å². The van der Waals surface area contributed by atoms with Crippen molar-refractivity contribution in [2.24, 2.45) is 0 Å². The molecule has 0 heterocycles. The number of hydrogen-bond donors (Lipinski definition) is 0. The summed E-state index contributed by atoms with van der Waals surface area (Å²) in [5.41, 5.74) is 2.68. The van der Waals surface area contributed by atoms with Crippen LogP contribution in [0.3, 0.4) is 0 Å². The first-order valence-corrected chi connectivity index (χ1v) is 4.88. The summed E-state index contributed by atoms with van der Waals surface area (Å²) in [7, 11) is 1.62. The molecule has 1 aromatic carbocycles. The molecule has 0 aliphatic rings. The van der Waals surface area contributed by atoms with Crippen LogP contribution < -0.4 is 4.74 Å². The van der Waals surface area contributed by atoms with Crippen LogP contribution in [-0.2, 0) is 0 Å². The van der Waals surface area contributed by atoms with E-state index in [4.69, 9.17) is 4.74 Å². The Morgan fingerprint density at radius 3 is 2.47 bits per heavy atom. The summed E-state index contributed by atoms with van der Waals surface area (Å²) in [6.45, 7) is 5.74. The molecule has 0 aliphatic heterocycles. The van der Waals surface area contributed by atoms with Gasteiger partial charge in [0.25, 0.3) is 0 Å². The average Bonchev–Trinajstić information content (AvgIpc) is 2.16. The fourth-order valence-corrected chi connectivity index (χ4v) is 1.38. The monoisotopic (exact) mass is 204 g/mol. The third kappa shape index (κ3) is 2.94. The van der Waals surface area contributed by atoms with Crippen molar-refractivity contribution in [1.82, 2.24) is 0 Å². The van der Waals surface area contributed by atoms with Crippen molar-refractivity contribution in [3.05, 3.63) is 41.0 Å². The number of rotatable bonds is 3. The standard InChI is InChI=1S/C13H16O2/c1-9(2)7-13(14)12-6-5-11(15-4)8-10(12)3/h5-8H,1-4H3. The maximum Gasteiger partial charge on any atom is 0.186 e. The Hall–Kier alpha value is -1.57.